The Labute approximate surface area is 133 Å². The molecule has 5 heteroatoms. The fraction of sp³-hybridized carbons (Fsp3) is 0.588. The van der Waals surface area contributed by atoms with Gasteiger partial charge in [0.15, 0.2) is 0 Å². The summed E-state index contributed by atoms with van der Waals surface area (Å²) in [5.74, 6) is 0.749. The van der Waals surface area contributed by atoms with E-state index in [4.69, 9.17) is 15.2 Å². The summed E-state index contributed by atoms with van der Waals surface area (Å²) < 4.78 is 10.9. The predicted molar refractivity (Wildman–Crippen MR) is 89.3 cm³/mol. The van der Waals surface area contributed by atoms with Gasteiger partial charge in [-0.05, 0) is 37.8 Å². The first kappa shape index (κ1) is 18.1. The minimum atomic E-state index is -0.502. The first-order chi connectivity index (χ1) is 9.99. The van der Waals surface area contributed by atoms with Crippen molar-refractivity contribution in [1.82, 2.24) is 5.32 Å². The Morgan fingerprint density at radius 1 is 1.18 bits per heavy atom. The van der Waals surface area contributed by atoms with Crippen LogP contribution < -0.4 is 15.8 Å². The Bertz CT molecular complexity index is 514. The van der Waals surface area contributed by atoms with Crippen LogP contribution in [0.15, 0.2) is 18.2 Å². The third-order valence-electron chi connectivity index (χ3n) is 2.84. The molecule has 0 unspecified atom stereocenters. The number of nitrogens with one attached hydrogen (secondary N) is 1. The number of carbonyl (C=O) groups is 1. The van der Waals surface area contributed by atoms with Crippen LogP contribution in [0.5, 0.6) is 5.75 Å². The van der Waals surface area contributed by atoms with E-state index in [0.717, 1.165) is 11.3 Å². The molecule has 0 aliphatic heterocycles. The number of hydrogen-bond donors (Lipinski definition) is 2. The second-order valence-electron chi connectivity index (χ2n) is 7.28. The van der Waals surface area contributed by atoms with Gasteiger partial charge in [-0.3, -0.25) is 0 Å². The molecule has 124 valence electrons. The van der Waals surface area contributed by atoms with Gasteiger partial charge in [0.05, 0.1) is 6.54 Å². The summed E-state index contributed by atoms with van der Waals surface area (Å²) in [6.07, 6.45) is -0.445. The third-order valence-corrected chi connectivity index (χ3v) is 2.84. The standard InChI is InChI=1S/C17H28N2O3/c1-16(2,3)13-8-7-12(18)11-14(13)21-10-9-19-15(20)22-17(4,5)6/h7-8,11H,9-10,18H2,1-6H3,(H,19,20). The largest absolute Gasteiger partial charge is 0.491 e. The highest BCUT2D eigenvalue weighted by molar-refractivity contribution is 5.67. The van der Waals surface area contributed by atoms with Gasteiger partial charge < -0.3 is 20.5 Å². The van der Waals surface area contributed by atoms with E-state index < -0.39 is 11.7 Å². The molecular weight excluding hydrogens is 280 g/mol. The van der Waals surface area contributed by atoms with Crippen molar-refractivity contribution in [2.24, 2.45) is 0 Å². The van der Waals surface area contributed by atoms with E-state index in [0.29, 0.717) is 18.8 Å². The van der Waals surface area contributed by atoms with Gasteiger partial charge in [-0.1, -0.05) is 26.8 Å². The maximum absolute atomic E-state index is 11.5. The van der Waals surface area contributed by atoms with Crippen molar-refractivity contribution in [3.8, 4) is 5.75 Å². The number of carbonyl (C=O) groups excluding carboxylic acids is 1. The van der Waals surface area contributed by atoms with Crippen LogP contribution in [0.4, 0.5) is 10.5 Å². The highest BCUT2D eigenvalue weighted by atomic mass is 16.6. The molecule has 1 aromatic carbocycles. The minimum Gasteiger partial charge on any atom is -0.491 e. The van der Waals surface area contributed by atoms with Crippen molar-refractivity contribution in [2.45, 2.75) is 52.6 Å². The normalized spacial score (nSPS) is 11.9. The molecule has 0 saturated heterocycles. The van der Waals surface area contributed by atoms with Gasteiger partial charge in [0, 0.05) is 11.8 Å². The molecule has 0 radical (unpaired) electrons. The van der Waals surface area contributed by atoms with E-state index in [-0.39, 0.29) is 5.41 Å². The number of alkyl carbamates (subject to hydrolysis) is 1. The molecule has 0 bridgehead atoms. The number of benzene rings is 1. The van der Waals surface area contributed by atoms with Gasteiger partial charge in [-0.15, -0.1) is 0 Å². The Morgan fingerprint density at radius 3 is 2.36 bits per heavy atom. The first-order valence-electron chi connectivity index (χ1n) is 7.49. The summed E-state index contributed by atoms with van der Waals surface area (Å²) in [5, 5.41) is 2.66. The van der Waals surface area contributed by atoms with Gasteiger partial charge in [0.2, 0.25) is 0 Å². The Kier molecular flexibility index (Phi) is 5.69. The Morgan fingerprint density at radius 2 is 1.82 bits per heavy atom. The van der Waals surface area contributed by atoms with Crippen LogP contribution in [0.1, 0.15) is 47.1 Å². The molecule has 1 amide bonds. The molecule has 0 fully saturated rings. The molecule has 22 heavy (non-hydrogen) atoms. The minimum absolute atomic E-state index is 0.0401. The first-order valence-corrected chi connectivity index (χ1v) is 7.49. The van der Waals surface area contributed by atoms with Crippen LogP contribution >= 0.6 is 0 Å². The quantitative estimate of drug-likeness (QED) is 0.660. The lowest BCUT2D eigenvalue weighted by Crippen LogP contribution is -2.34. The van der Waals surface area contributed by atoms with Crippen LogP contribution in [0.3, 0.4) is 0 Å². The number of ether oxygens (including phenoxy) is 2. The number of hydrogen-bond acceptors (Lipinski definition) is 4. The van der Waals surface area contributed by atoms with Crippen LogP contribution in [-0.4, -0.2) is 24.8 Å². The fourth-order valence-electron chi connectivity index (χ4n) is 1.91. The van der Waals surface area contributed by atoms with Crippen molar-refractivity contribution in [3.63, 3.8) is 0 Å². The smallest absolute Gasteiger partial charge is 0.407 e. The maximum atomic E-state index is 11.5. The molecule has 1 rings (SSSR count). The molecular formula is C17H28N2O3. The van der Waals surface area contributed by atoms with Crippen molar-refractivity contribution in [3.05, 3.63) is 23.8 Å². The molecule has 3 N–H and O–H groups in total. The number of nitrogen functional groups attached to an aromatic ring is 1. The summed E-state index contributed by atoms with van der Waals surface area (Å²) in [6.45, 7) is 12.5. The Hall–Kier alpha value is -1.91. The zero-order valence-electron chi connectivity index (χ0n) is 14.4. The summed E-state index contributed by atoms with van der Waals surface area (Å²) in [6, 6.07) is 5.66. The van der Waals surface area contributed by atoms with Gasteiger partial charge in [-0.2, -0.15) is 0 Å². The number of amides is 1. The summed E-state index contributed by atoms with van der Waals surface area (Å²) in [4.78, 5) is 11.5. The van der Waals surface area contributed by atoms with E-state index >= 15 is 0 Å². The summed E-state index contributed by atoms with van der Waals surface area (Å²) in [5.41, 5.74) is 7.02. The second-order valence-corrected chi connectivity index (χ2v) is 7.28. The van der Waals surface area contributed by atoms with Crippen molar-refractivity contribution < 1.29 is 14.3 Å². The van der Waals surface area contributed by atoms with Gasteiger partial charge in [0.25, 0.3) is 0 Å². The van der Waals surface area contributed by atoms with Crippen LogP contribution in [0.2, 0.25) is 0 Å². The van der Waals surface area contributed by atoms with Gasteiger partial charge >= 0.3 is 6.09 Å². The lowest BCUT2D eigenvalue weighted by Gasteiger charge is -2.23. The van der Waals surface area contributed by atoms with E-state index in [1.54, 1.807) is 0 Å². The van der Waals surface area contributed by atoms with Crippen LogP contribution in [0.25, 0.3) is 0 Å². The van der Waals surface area contributed by atoms with E-state index in [2.05, 4.69) is 26.1 Å². The molecule has 0 aromatic heterocycles. The molecule has 0 aliphatic carbocycles. The monoisotopic (exact) mass is 308 g/mol. The second kappa shape index (κ2) is 6.90. The molecule has 1 aromatic rings. The van der Waals surface area contributed by atoms with Crippen molar-refractivity contribution >= 4 is 11.8 Å². The Balaban J connectivity index is 2.55. The zero-order valence-corrected chi connectivity index (χ0v) is 14.4. The third kappa shape index (κ3) is 6.24. The SMILES string of the molecule is CC(C)(C)OC(=O)NCCOc1cc(N)ccc1C(C)(C)C. The van der Waals surface area contributed by atoms with Gasteiger partial charge in [0.1, 0.15) is 18.0 Å². The zero-order chi connectivity index (χ0) is 17.0. The fourth-order valence-corrected chi connectivity index (χ4v) is 1.91. The molecule has 0 aliphatic rings. The topological polar surface area (TPSA) is 73.6 Å². The van der Waals surface area contributed by atoms with Crippen LogP contribution in [0, 0.1) is 0 Å². The van der Waals surface area contributed by atoms with Crippen molar-refractivity contribution in [2.75, 3.05) is 18.9 Å². The predicted octanol–water partition coefficient (Wildman–Crippen LogP) is 3.47. The molecule has 5 nitrogen and oxygen atoms in total. The van der Waals surface area contributed by atoms with E-state index in [1.807, 2.05) is 39.0 Å². The summed E-state index contributed by atoms with van der Waals surface area (Å²) in [7, 11) is 0. The lowest BCUT2D eigenvalue weighted by atomic mass is 9.86. The van der Waals surface area contributed by atoms with E-state index in [1.165, 1.54) is 0 Å². The highest BCUT2D eigenvalue weighted by Gasteiger charge is 2.19. The average Bonchev–Trinajstić information content (AvgIpc) is 2.31. The van der Waals surface area contributed by atoms with E-state index in [9.17, 15) is 4.79 Å². The maximum Gasteiger partial charge on any atom is 0.407 e. The summed E-state index contributed by atoms with van der Waals surface area (Å²) >= 11 is 0. The molecule has 0 saturated carbocycles. The lowest BCUT2D eigenvalue weighted by molar-refractivity contribution is 0.0520. The van der Waals surface area contributed by atoms with Crippen LogP contribution in [-0.2, 0) is 10.2 Å². The number of anilines is 1. The number of nitrogens with two attached hydrogens (primary N) is 1. The molecule has 0 atom stereocenters. The molecule has 0 spiro atoms. The van der Waals surface area contributed by atoms with Gasteiger partial charge in [-0.25, -0.2) is 4.79 Å². The molecule has 0 heterocycles. The average molecular weight is 308 g/mol. The highest BCUT2D eigenvalue weighted by Crippen LogP contribution is 2.32. The number of rotatable bonds is 4. The van der Waals surface area contributed by atoms with Crippen molar-refractivity contribution in [1.29, 1.82) is 0 Å².